The summed E-state index contributed by atoms with van der Waals surface area (Å²) in [4.78, 5) is 11.0. The zero-order valence-electron chi connectivity index (χ0n) is 13.5. The molecular formula is C21H26O. The lowest BCUT2D eigenvalue weighted by atomic mass is 9.70. The van der Waals surface area contributed by atoms with Crippen LogP contribution in [0.5, 0.6) is 0 Å². The highest BCUT2D eigenvalue weighted by molar-refractivity contribution is 5.49. The van der Waals surface area contributed by atoms with Crippen LogP contribution in [0.1, 0.15) is 43.7 Å². The van der Waals surface area contributed by atoms with Crippen LogP contribution in [0.2, 0.25) is 0 Å². The number of carbonyl (C=O) groups excluding carboxylic acids is 1. The van der Waals surface area contributed by atoms with Gasteiger partial charge >= 0.3 is 0 Å². The molecule has 0 saturated carbocycles. The second kappa shape index (κ2) is 8.53. The minimum Gasteiger partial charge on any atom is -0.303 e. The fourth-order valence-corrected chi connectivity index (χ4v) is 3.49. The van der Waals surface area contributed by atoms with Gasteiger partial charge in [0.05, 0.1) is 0 Å². The summed E-state index contributed by atoms with van der Waals surface area (Å²) in [5.41, 5.74) is 2.92. The second-order valence-electron chi connectivity index (χ2n) is 6.28. The van der Waals surface area contributed by atoms with Gasteiger partial charge in [-0.2, -0.15) is 0 Å². The Morgan fingerprint density at radius 3 is 1.73 bits per heavy atom. The molecule has 0 aliphatic rings. The maximum atomic E-state index is 11.0. The molecule has 0 amide bonds. The van der Waals surface area contributed by atoms with Crippen LogP contribution in [0.25, 0.3) is 0 Å². The van der Waals surface area contributed by atoms with E-state index < -0.39 is 0 Å². The van der Waals surface area contributed by atoms with Crippen LogP contribution in [-0.2, 0) is 17.6 Å². The summed E-state index contributed by atoms with van der Waals surface area (Å²) >= 11 is 0. The van der Waals surface area contributed by atoms with Crippen molar-refractivity contribution in [3.8, 4) is 0 Å². The van der Waals surface area contributed by atoms with Crippen molar-refractivity contribution in [1.29, 1.82) is 0 Å². The molecule has 2 rings (SSSR count). The zero-order valence-corrected chi connectivity index (χ0v) is 13.5. The summed E-state index contributed by atoms with van der Waals surface area (Å²) in [5.74, 6) is 0. The molecule has 0 atom stereocenters. The monoisotopic (exact) mass is 294 g/mol. The minimum absolute atomic E-state index is 0.179. The molecule has 22 heavy (non-hydrogen) atoms. The molecule has 0 fully saturated rings. The summed E-state index contributed by atoms with van der Waals surface area (Å²) in [6.07, 6.45) is 7.09. The zero-order chi connectivity index (χ0) is 15.7. The van der Waals surface area contributed by atoms with Crippen molar-refractivity contribution >= 4 is 6.29 Å². The Morgan fingerprint density at radius 2 is 1.32 bits per heavy atom. The fourth-order valence-electron chi connectivity index (χ4n) is 3.49. The summed E-state index contributed by atoms with van der Waals surface area (Å²) in [6.45, 7) is 2.24. The maximum absolute atomic E-state index is 11.0. The molecule has 116 valence electrons. The molecule has 0 radical (unpaired) electrons. The van der Waals surface area contributed by atoms with E-state index in [4.69, 9.17) is 0 Å². The van der Waals surface area contributed by atoms with E-state index in [0.29, 0.717) is 6.42 Å². The summed E-state index contributed by atoms with van der Waals surface area (Å²) in [7, 11) is 0. The van der Waals surface area contributed by atoms with Gasteiger partial charge in [0.15, 0.2) is 0 Å². The average Bonchev–Trinajstić information content (AvgIpc) is 2.55. The largest absolute Gasteiger partial charge is 0.303 e. The minimum atomic E-state index is 0.179. The number of hydrogen-bond acceptors (Lipinski definition) is 1. The van der Waals surface area contributed by atoms with E-state index in [-0.39, 0.29) is 5.41 Å². The van der Waals surface area contributed by atoms with Crippen molar-refractivity contribution in [2.45, 2.75) is 45.4 Å². The van der Waals surface area contributed by atoms with Crippen LogP contribution >= 0.6 is 0 Å². The SMILES string of the molecule is CCCC(CCC=O)(Cc1ccccc1)Cc1ccccc1. The predicted molar refractivity (Wildman–Crippen MR) is 92.9 cm³/mol. The first kappa shape index (κ1) is 16.5. The molecule has 2 aromatic rings. The number of benzene rings is 2. The Labute approximate surface area is 134 Å². The second-order valence-corrected chi connectivity index (χ2v) is 6.28. The van der Waals surface area contributed by atoms with E-state index >= 15 is 0 Å². The normalized spacial score (nSPS) is 11.3. The first-order chi connectivity index (χ1) is 10.8. The molecule has 0 unspecified atom stereocenters. The molecule has 0 aromatic heterocycles. The molecule has 2 aromatic carbocycles. The first-order valence-corrected chi connectivity index (χ1v) is 8.29. The van der Waals surface area contributed by atoms with Gasteiger partial charge in [-0.05, 0) is 42.2 Å². The Hall–Kier alpha value is -1.89. The molecule has 0 bridgehead atoms. The molecule has 0 saturated heterocycles. The van der Waals surface area contributed by atoms with Crippen molar-refractivity contribution in [3.05, 3.63) is 71.8 Å². The Balaban J connectivity index is 2.25. The van der Waals surface area contributed by atoms with Gasteiger partial charge in [-0.25, -0.2) is 0 Å². The van der Waals surface area contributed by atoms with Crippen molar-refractivity contribution in [3.63, 3.8) is 0 Å². The lowest BCUT2D eigenvalue weighted by Crippen LogP contribution is -2.27. The van der Waals surface area contributed by atoms with E-state index in [9.17, 15) is 4.79 Å². The molecule has 0 aliphatic carbocycles. The van der Waals surface area contributed by atoms with Crippen LogP contribution in [0.4, 0.5) is 0 Å². The third-order valence-corrected chi connectivity index (χ3v) is 4.42. The van der Waals surface area contributed by atoms with Crippen molar-refractivity contribution < 1.29 is 4.79 Å². The van der Waals surface area contributed by atoms with Gasteiger partial charge in [0.2, 0.25) is 0 Å². The molecule has 0 aliphatic heterocycles. The summed E-state index contributed by atoms with van der Waals surface area (Å²) < 4.78 is 0. The smallest absolute Gasteiger partial charge is 0.120 e. The molecule has 1 nitrogen and oxygen atoms in total. The number of hydrogen-bond donors (Lipinski definition) is 0. The van der Waals surface area contributed by atoms with E-state index in [1.807, 2.05) is 0 Å². The molecule has 1 heteroatoms. The van der Waals surface area contributed by atoms with Gasteiger partial charge in [0.1, 0.15) is 6.29 Å². The first-order valence-electron chi connectivity index (χ1n) is 8.29. The van der Waals surface area contributed by atoms with E-state index in [1.54, 1.807) is 0 Å². The number of carbonyl (C=O) groups is 1. The van der Waals surface area contributed by atoms with E-state index in [2.05, 4.69) is 67.6 Å². The predicted octanol–water partition coefficient (Wildman–Crippen LogP) is 5.24. The summed E-state index contributed by atoms with van der Waals surface area (Å²) in [6, 6.07) is 21.4. The van der Waals surface area contributed by atoms with E-state index in [0.717, 1.165) is 38.4 Å². The van der Waals surface area contributed by atoms with E-state index in [1.165, 1.54) is 11.1 Å². The Morgan fingerprint density at radius 1 is 0.818 bits per heavy atom. The third kappa shape index (κ3) is 4.84. The lowest BCUT2D eigenvalue weighted by Gasteiger charge is -2.34. The van der Waals surface area contributed by atoms with Gasteiger partial charge in [-0.1, -0.05) is 74.0 Å². The third-order valence-electron chi connectivity index (χ3n) is 4.42. The van der Waals surface area contributed by atoms with Crippen LogP contribution in [0.15, 0.2) is 60.7 Å². The van der Waals surface area contributed by atoms with Crippen LogP contribution in [0, 0.1) is 5.41 Å². The average molecular weight is 294 g/mol. The number of rotatable bonds is 9. The van der Waals surface area contributed by atoms with Crippen LogP contribution in [-0.4, -0.2) is 6.29 Å². The van der Waals surface area contributed by atoms with Crippen molar-refractivity contribution in [2.24, 2.45) is 5.41 Å². The number of aldehydes is 1. The fraction of sp³-hybridized carbons (Fsp3) is 0.381. The molecule has 0 N–H and O–H groups in total. The highest BCUT2D eigenvalue weighted by Gasteiger charge is 2.29. The van der Waals surface area contributed by atoms with Gasteiger partial charge < -0.3 is 4.79 Å². The highest BCUT2D eigenvalue weighted by Crippen LogP contribution is 2.37. The molecular weight excluding hydrogens is 268 g/mol. The van der Waals surface area contributed by atoms with Crippen LogP contribution < -0.4 is 0 Å². The Kier molecular flexibility index (Phi) is 6.39. The molecule has 0 spiro atoms. The highest BCUT2D eigenvalue weighted by atomic mass is 16.1. The lowest BCUT2D eigenvalue weighted by molar-refractivity contribution is -0.108. The van der Waals surface area contributed by atoms with Gasteiger partial charge in [-0.3, -0.25) is 0 Å². The Bertz CT molecular complexity index is 503. The van der Waals surface area contributed by atoms with Gasteiger partial charge in [0, 0.05) is 6.42 Å². The van der Waals surface area contributed by atoms with Gasteiger partial charge in [-0.15, -0.1) is 0 Å². The molecule has 0 heterocycles. The topological polar surface area (TPSA) is 17.1 Å². The van der Waals surface area contributed by atoms with Crippen molar-refractivity contribution in [2.75, 3.05) is 0 Å². The standard InChI is InChI=1S/C21H26O/c1-2-14-21(15-9-16-22,17-19-10-5-3-6-11-19)18-20-12-7-4-8-13-20/h3-8,10-13,16H,2,9,14-15,17-18H2,1H3. The summed E-state index contributed by atoms with van der Waals surface area (Å²) in [5, 5.41) is 0. The quantitative estimate of drug-likeness (QED) is 0.578. The van der Waals surface area contributed by atoms with Gasteiger partial charge in [0.25, 0.3) is 0 Å². The van der Waals surface area contributed by atoms with Crippen molar-refractivity contribution in [1.82, 2.24) is 0 Å². The maximum Gasteiger partial charge on any atom is 0.120 e. The van der Waals surface area contributed by atoms with Crippen LogP contribution in [0.3, 0.4) is 0 Å².